The van der Waals surface area contributed by atoms with Crippen molar-refractivity contribution in [1.82, 2.24) is 0 Å². The van der Waals surface area contributed by atoms with Crippen LogP contribution in [-0.2, 0) is 12.7 Å². The van der Waals surface area contributed by atoms with E-state index in [-0.39, 0.29) is 5.56 Å². The predicted molar refractivity (Wildman–Crippen MR) is 72.2 cm³/mol. The van der Waals surface area contributed by atoms with E-state index in [1.165, 1.54) is 17.4 Å². The number of nitrogens with zero attached hydrogens (tertiary/aromatic N) is 1. The van der Waals surface area contributed by atoms with Crippen molar-refractivity contribution >= 4 is 22.7 Å². The molecule has 0 atom stereocenters. The number of hydrogen-bond donors (Lipinski definition) is 2. The van der Waals surface area contributed by atoms with Crippen LogP contribution in [0.1, 0.15) is 16.0 Å². The first-order chi connectivity index (χ1) is 9.41. The topological polar surface area (TPSA) is 61.8 Å². The number of halogens is 3. The molecule has 0 aliphatic heterocycles. The number of nitrogens with one attached hydrogen (secondary N) is 1. The van der Waals surface area contributed by atoms with Crippen molar-refractivity contribution < 1.29 is 13.2 Å². The third-order valence-electron chi connectivity index (χ3n) is 2.69. The summed E-state index contributed by atoms with van der Waals surface area (Å²) in [4.78, 5) is 0.869. The largest absolute Gasteiger partial charge is 0.416 e. The van der Waals surface area contributed by atoms with Gasteiger partial charge in [0.05, 0.1) is 23.4 Å². The van der Waals surface area contributed by atoms with E-state index in [9.17, 15) is 13.2 Å². The molecule has 0 radical (unpaired) electrons. The number of nitrogen functional groups attached to an aromatic ring is 1. The second-order valence-corrected chi connectivity index (χ2v) is 5.02. The van der Waals surface area contributed by atoms with Gasteiger partial charge in [-0.25, -0.2) is 0 Å². The van der Waals surface area contributed by atoms with E-state index in [4.69, 9.17) is 11.0 Å². The van der Waals surface area contributed by atoms with Crippen molar-refractivity contribution in [2.24, 2.45) is 0 Å². The van der Waals surface area contributed by atoms with Gasteiger partial charge in [-0.05, 0) is 29.6 Å². The van der Waals surface area contributed by atoms with Gasteiger partial charge in [-0.15, -0.1) is 11.3 Å². The van der Waals surface area contributed by atoms with Gasteiger partial charge in [-0.1, -0.05) is 0 Å². The van der Waals surface area contributed by atoms with E-state index >= 15 is 0 Å². The van der Waals surface area contributed by atoms with Crippen LogP contribution in [0.2, 0.25) is 0 Å². The van der Waals surface area contributed by atoms with E-state index in [0.29, 0.717) is 17.9 Å². The first kappa shape index (κ1) is 14.2. The van der Waals surface area contributed by atoms with Crippen LogP contribution < -0.4 is 11.1 Å². The molecule has 0 saturated heterocycles. The van der Waals surface area contributed by atoms with Crippen LogP contribution in [0.4, 0.5) is 24.5 Å². The molecule has 104 valence electrons. The van der Waals surface area contributed by atoms with Gasteiger partial charge >= 0.3 is 6.18 Å². The first-order valence-electron chi connectivity index (χ1n) is 5.59. The molecule has 0 fully saturated rings. The zero-order valence-corrected chi connectivity index (χ0v) is 11.0. The fourth-order valence-electron chi connectivity index (χ4n) is 1.64. The molecular weight excluding hydrogens is 287 g/mol. The number of hydrogen-bond acceptors (Lipinski definition) is 4. The smallest absolute Gasteiger partial charge is 0.398 e. The van der Waals surface area contributed by atoms with Crippen LogP contribution >= 0.6 is 11.3 Å². The van der Waals surface area contributed by atoms with Crippen molar-refractivity contribution in [3.8, 4) is 6.07 Å². The maximum Gasteiger partial charge on any atom is 0.416 e. The lowest BCUT2D eigenvalue weighted by Crippen LogP contribution is -2.07. The Morgan fingerprint density at radius 1 is 1.30 bits per heavy atom. The molecule has 3 nitrogen and oxygen atoms in total. The Morgan fingerprint density at radius 2 is 2.05 bits per heavy atom. The fraction of sp³-hybridized carbons (Fsp3) is 0.154. The average molecular weight is 297 g/mol. The molecule has 0 amide bonds. The number of rotatable bonds is 3. The van der Waals surface area contributed by atoms with Gasteiger partial charge < -0.3 is 11.1 Å². The Morgan fingerprint density at radius 3 is 2.60 bits per heavy atom. The van der Waals surface area contributed by atoms with Gasteiger partial charge in [0.1, 0.15) is 6.07 Å². The number of benzene rings is 1. The molecule has 0 spiro atoms. The van der Waals surface area contributed by atoms with Crippen molar-refractivity contribution in [2.75, 3.05) is 11.1 Å². The van der Waals surface area contributed by atoms with Gasteiger partial charge in [0, 0.05) is 10.6 Å². The second kappa shape index (κ2) is 5.43. The molecule has 2 rings (SSSR count). The third-order valence-corrected chi connectivity index (χ3v) is 3.62. The summed E-state index contributed by atoms with van der Waals surface area (Å²) < 4.78 is 37.7. The highest BCUT2D eigenvalue weighted by molar-refractivity contribution is 7.10. The van der Waals surface area contributed by atoms with E-state index in [0.717, 1.165) is 17.0 Å². The molecule has 0 bridgehead atoms. The molecule has 3 N–H and O–H groups in total. The van der Waals surface area contributed by atoms with E-state index < -0.39 is 11.7 Å². The monoisotopic (exact) mass is 297 g/mol. The van der Waals surface area contributed by atoms with Gasteiger partial charge in [0.2, 0.25) is 0 Å². The Hall–Kier alpha value is -2.20. The zero-order chi connectivity index (χ0) is 14.8. The summed E-state index contributed by atoms with van der Waals surface area (Å²) in [5.74, 6) is 0. The molecular formula is C13H10F3N3S. The van der Waals surface area contributed by atoms with Crippen LogP contribution in [0.15, 0.2) is 29.6 Å². The molecule has 1 aromatic heterocycles. The SMILES string of the molecule is N#Cc1cc(C(F)(F)F)ccc1NCc1sccc1N. The minimum atomic E-state index is -4.46. The number of nitrogens with two attached hydrogens (primary N) is 1. The molecule has 0 aliphatic carbocycles. The number of thiophene rings is 1. The minimum Gasteiger partial charge on any atom is -0.398 e. The highest BCUT2D eigenvalue weighted by atomic mass is 32.1. The summed E-state index contributed by atoms with van der Waals surface area (Å²) in [6.07, 6.45) is -4.46. The van der Waals surface area contributed by atoms with Gasteiger partial charge in [0.25, 0.3) is 0 Å². The van der Waals surface area contributed by atoms with Gasteiger partial charge in [0.15, 0.2) is 0 Å². The molecule has 2 aromatic rings. The van der Waals surface area contributed by atoms with Gasteiger partial charge in [-0.3, -0.25) is 0 Å². The van der Waals surface area contributed by atoms with Gasteiger partial charge in [-0.2, -0.15) is 18.4 Å². The molecule has 1 heterocycles. The summed E-state index contributed by atoms with van der Waals surface area (Å²) in [7, 11) is 0. The van der Waals surface area contributed by atoms with Crippen LogP contribution in [-0.4, -0.2) is 0 Å². The first-order valence-corrected chi connectivity index (χ1v) is 6.47. The van der Waals surface area contributed by atoms with Crippen molar-refractivity contribution in [3.05, 3.63) is 45.6 Å². The third kappa shape index (κ3) is 3.03. The lowest BCUT2D eigenvalue weighted by atomic mass is 10.1. The maximum atomic E-state index is 12.6. The number of alkyl halides is 3. The Bertz CT molecular complexity index is 656. The van der Waals surface area contributed by atoms with Crippen LogP contribution in [0.3, 0.4) is 0 Å². The minimum absolute atomic E-state index is 0.0463. The lowest BCUT2D eigenvalue weighted by Gasteiger charge is -2.11. The Labute approximate surface area is 117 Å². The molecule has 1 aromatic carbocycles. The maximum absolute atomic E-state index is 12.6. The van der Waals surface area contributed by atoms with Crippen LogP contribution in [0.25, 0.3) is 0 Å². The second-order valence-electron chi connectivity index (χ2n) is 4.02. The van der Waals surface area contributed by atoms with E-state index in [1.54, 1.807) is 12.1 Å². The highest BCUT2D eigenvalue weighted by Crippen LogP contribution is 2.32. The molecule has 0 saturated carbocycles. The van der Waals surface area contributed by atoms with E-state index in [2.05, 4.69) is 5.32 Å². The highest BCUT2D eigenvalue weighted by Gasteiger charge is 2.31. The molecule has 0 aliphatic rings. The fourth-order valence-corrected chi connectivity index (χ4v) is 2.38. The normalized spacial score (nSPS) is 11.1. The van der Waals surface area contributed by atoms with Crippen molar-refractivity contribution in [2.45, 2.75) is 12.7 Å². The lowest BCUT2D eigenvalue weighted by molar-refractivity contribution is -0.137. The molecule has 20 heavy (non-hydrogen) atoms. The standard InChI is InChI=1S/C13H10F3N3S/c14-13(15,16)9-1-2-11(8(5-9)6-17)19-7-12-10(18)3-4-20-12/h1-5,19H,7,18H2. The molecule has 0 unspecified atom stereocenters. The average Bonchev–Trinajstić information content (AvgIpc) is 2.80. The quantitative estimate of drug-likeness (QED) is 0.905. The predicted octanol–water partition coefficient (Wildman–Crippen LogP) is 3.83. The summed E-state index contributed by atoms with van der Waals surface area (Å²) in [6, 6.07) is 6.55. The van der Waals surface area contributed by atoms with Crippen LogP contribution in [0, 0.1) is 11.3 Å². The van der Waals surface area contributed by atoms with Crippen molar-refractivity contribution in [3.63, 3.8) is 0 Å². The Balaban J connectivity index is 2.21. The summed E-state index contributed by atoms with van der Waals surface area (Å²) >= 11 is 1.44. The molecule has 7 heteroatoms. The summed E-state index contributed by atoms with van der Waals surface area (Å²) in [6.45, 7) is 0.365. The van der Waals surface area contributed by atoms with E-state index in [1.807, 2.05) is 5.38 Å². The summed E-state index contributed by atoms with van der Waals surface area (Å²) in [5.41, 5.74) is 5.80. The number of nitriles is 1. The zero-order valence-electron chi connectivity index (χ0n) is 10.2. The summed E-state index contributed by atoms with van der Waals surface area (Å²) in [5, 5.41) is 13.7. The Kier molecular flexibility index (Phi) is 3.86. The van der Waals surface area contributed by atoms with Crippen molar-refractivity contribution in [1.29, 1.82) is 5.26 Å². The number of anilines is 2. The van der Waals surface area contributed by atoms with Crippen LogP contribution in [0.5, 0.6) is 0 Å².